The molecule has 9 nitrogen and oxygen atoms in total. The second-order valence-corrected chi connectivity index (χ2v) is 8.87. The predicted octanol–water partition coefficient (Wildman–Crippen LogP) is 3.02. The molecule has 1 fully saturated rings. The van der Waals surface area contributed by atoms with Gasteiger partial charge in [0, 0.05) is 43.8 Å². The summed E-state index contributed by atoms with van der Waals surface area (Å²) in [5.41, 5.74) is 1.72. The molecule has 0 spiro atoms. The first kappa shape index (κ1) is 25.3. The van der Waals surface area contributed by atoms with E-state index in [1.807, 2.05) is 69.0 Å². The van der Waals surface area contributed by atoms with Crippen LogP contribution in [0.25, 0.3) is 11.3 Å². The molecule has 1 saturated heterocycles. The molecule has 0 unspecified atom stereocenters. The lowest BCUT2D eigenvalue weighted by Gasteiger charge is -2.37. The summed E-state index contributed by atoms with van der Waals surface area (Å²) in [5, 5.41) is 11.7. The van der Waals surface area contributed by atoms with Crippen LogP contribution in [0.1, 0.15) is 34.1 Å². The molecule has 3 rings (SSSR count). The zero-order chi connectivity index (χ0) is 24.7. The van der Waals surface area contributed by atoms with E-state index in [0.717, 1.165) is 29.2 Å². The highest BCUT2D eigenvalue weighted by molar-refractivity contribution is 5.84. The molecule has 2 heterocycles. The Hall–Kier alpha value is -3.36. The minimum Gasteiger partial charge on any atom is -0.497 e. The van der Waals surface area contributed by atoms with Crippen LogP contribution < -0.4 is 15.0 Å². The summed E-state index contributed by atoms with van der Waals surface area (Å²) in [7, 11) is 1.64. The third-order valence-corrected chi connectivity index (χ3v) is 6.07. The first-order valence-electron chi connectivity index (χ1n) is 11.9. The Kier molecular flexibility index (Phi) is 8.67. The molecule has 1 N–H and O–H groups in total. The van der Waals surface area contributed by atoms with E-state index in [-0.39, 0.29) is 30.6 Å². The van der Waals surface area contributed by atoms with E-state index < -0.39 is 0 Å². The van der Waals surface area contributed by atoms with Crippen molar-refractivity contribution in [3.63, 3.8) is 0 Å². The lowest BCUT2D eigenvalue weighted by molar-refractivity contribution is -0.132. The van der Waals surface area contributed by atoms with Gasteiger partial charge in [0.1, 0.15) is 12.3 Å². The van der Waals surface area contributed by atoms with Crippen LogP contribution in [0.3, 0.4) is 0 Å². The zero-order valence-corrected chi connectivity index (χ0v) is 20.8. The summed E-state index contributed by atoms with van der Waals surface area (Å²) in [6.45, 7) is 10.4. The Bertz CT molecular complexity index is 957. The minimum atomic E-state index is -0.192. The van der Waals surface area contributed by atoms with Gasteiger partial charge in [-0.3, -0.25) is 4.79 Å². The molecule has 0 saturated carbocycles. The van der Waals surface area contributed by atoms with Gasteiger partial charge in [0.25, 0.3) is 0 Å². The van der Waals surface area contributed by atoms with Crippen LogP contribution in [0.2, 0.25) is 0 Å². The molecular formula is C25H36N6O3. The number of nitrogens with zero attached hydrogens (tertiary/aromatic N) is 5. The van der Waals surface area contributed by atoms with Crippen LogP contribution in [0.4, 0.5) is 10.6 Å². The van der Waals surface area contributed by atoms with Crippen LogP contribution >= 0.6 is 0 Å². The van der Waals surface area contributed by atoms with Crippen LogP contribution in [-0.2, 0) is 4.79 Å². The number of rotatable bonds is 8. The molecular weight excluding hydrogens is 432 g/mol. The number of anilines is 1. The molecule has 184 valence electrons. The summed E-state index contributed by atoms with van der Waals surface area (Å²) in [6.07, 6.45) is 0.789. The molecule has 34 heavy (non-hydrogen) atoms. The van der Waals surface area contributed by atoms with Crippen LogP contribution in [0.5, 0.6) is 5.75 Å². The molecule has 0 bridgehead atoms. The smallest absolute Gasteiger partial charge is 0.318 e. The average molecular weight is 469 g/mol. The molecule has 2 aromatic rings. The van der Waals surface area contributed by atoms with Gasteiger partial charge in [0.05, 0.1) is 12.8 Å². The molecule has 0 aliphatic carbocycles. The van der Waals surface area contributed by atoms with E-state index in [2.05, 4.69) is 20.4 Å². The monoisotopic (exact) mass is 468 g/mol. The molecule has 9 heteroatoms. The minimum absolute atomic E-state index is 0.0117. The Morgan fingerprint density at radius 3 is 2.41 bits per heavy atom. The van der Waals surface area contributed by atoms with Crippen molar-refractivity contribution in [2.45, 2.75) is 46.2 Å². The number of nitrogens with one attached hydrogen (secondary N) is 1. The van der Waals surface area contributed by atoms with E-state index in [9.17, 15) is 9.59 Å². The van der Waals surface area contributed by atoms with Gasteiger partial charge in [-0.15, -0.1) is 10.2 Å². The summed E-state index contributed by atoms with van der Waals surface area (Å²) in [6, 6.07) is 11.4. The first-order chi connectivity index (χ1) is 16.3. The van der Waals surface area contributed by atoms with Crippen molar-refractivity contribution in [3.8, 4) is 17.0 Å². The fourth-order valence-corrected chi connectivity index (χ4v) is 3.84. The van der Waals surface area contributed by atoms with Crippen molar-refractivity contribution in [1.82, 2.24) is 25.3 Å². The van der Waals surface area contributed by atoms with Gasteiger partial charge in [0.15, 0.2) is 5.82 Å². The number of carbonyl (C=O) groups excluding carboxylic acids is 2. The number of hydrogen-bond donors (Lipinski definition) is 1. The average Bonchev–Trinajstić information content (AvgIpc) is 2.86. The van der Waals surface area contributed by atoms with E-state index in [1.54, 1.807) is 12.0 Å². The van der Waals surface area contributed by atoms with Crippen LogP contribution in [0, 0.1) is 0 Å². The molecule has 1 aromatic carbocycles. The maximum absolute atomic E-state index is 13.0. The number of amides is 3. The highest BCUT2D eigenvalue weighted by atomic mass is 16.5. The standard InChI is InChI=1S/C25H36N6O3/c1-6-19(4)31(25(33)26-18(2)3)17-24(32)30-14-12-29(13-15-30)23-11-10-22(27-28-23)20-8-7-9-21(16-20)34-5/h7-11,16,18-19H,6,12-15,17H2,1-5H3,(H,26,33)/t19-/m1/s1. The number of piperazine rings is 1. The SMILES string of the molecule is CC[C@@H](C)N(CC(=O)N1CCN(c2ccc(-c3cccc(OC)c3)nn2)CC1)C(=O)NC(C)C. The maximum Gasteiger partial charge on any atom is 0.318 e. The lowest BCUT2D eigenvalue weighted by Crippen LogP contribution is -2.55. The van der Waals surface area contributed by atoms with Crippen LogP contribution in [0.15, 0.2) is 36.4 Å². The number of urea groups is 1. The third-order valence-electron chi connectivity index (χ3n) is 6.07. The van der Waals surface area contributed by atoms with Gasteiger partial charge in [0.2, 0.25) is 5.91 Å². The Morgan fingerprint density at radius 1 is 1.09 bits per heavy atom. The van der Waals surface area contributed by atoms with E-state index >= 15 is 0 Å². The second-order valence-electron chi connectivity index (χ2n) is 8.87. The van der Waals surface area contributed by atoms with E-state index in [0.29, 0.717) is 26.2 Å². The maximum atomic E-state index is 13.0. The molecule has 3 amide bonds. The van der Waals surface area contributed by atoms with Gasteiger partial charge in [-0.25, -0.2) is 4.79 Å². The molecule has 1 aliphatic heterocycles. The van der Waals surface area contributed by atoms with Crippen molar-refractivity contribution >= 4 is 17.8 Å². The highest BCUT2D eigenvalue weighted by Gasteiger charge is 2.27. The lowest BCUT2D eigenvalue weighted by atomic mass is 10.1. The number of aromatic nitrogens is 2. The fourth-order valence-electron chi connectivity index (χ4n) is 3.84. The Balaban J connectivity index is 1.57. The van der Waals surface area contributed by atoms with Crippen molar-refractivity contribution in [3.05, 3.63) is 36.4 Å². The quantitative estimate of drug-likeness (QED) is 0.641. The summed E-state index contributed by atoms with van der Waals surface area (Å²) in [4.78, 5) is 31.1. The summed E-state index contributed by atoms with van der Waals surface area (Å²) >= 11 is 0. The number of carbonyl (C=O) groups is 2. The largest absolute Gasteiger partial charge is 0.497 e. The Morgan fingerprint density at radius 2 is 1.82 bits per heavy atom. The van der Waals surface area contributed by atoms with E-state index in [1.165, 1.54) is 0 Å². The normalized spacial score (nSPS) is 14.6. The molecule has 1 atom stereocenters. The van der Waals surface area contributed by atoms with Crippen molar-refractivity contribution in [1.29, 1.82) is 0 Å². The number of methoxy groups -OCH3 is 1. The number of benzene rings is 1. The Labute approximate surface area is 202 Å². The van der Waals surface area contributed by atoms with Gasteiger partial charge >= 0.3 is 6.03 Å². The molecule has 1 aliphatic rings. The fraction of sp³-hybridized carbons (Fsp3) is 0.520. The van der Waals surface area contributed by atoms with Crippen molar-refractivity contribution < 1.29 is 14.3 Å². The van der Waals surface area contributed by atoms with E-state index in [4.69, 9.17) is 4.74 Å². The predicted molar refractivity (Wildman–Crippen MR) is 133 cm³/mol. The number of hydrogen-bond acceptors (Lipinski definition) is 6. The zero-order valence-electron chi connectivity index (χ0n) is 20.8. The second kappa shape index (κ2) is 11.7. The topological polar surface area (TPSA) is 90.9 Å². The van der Waals surface area contributed by atoms with Gasteiger partial charge < -0.3 is 24.8 Å². The highest BCUT2D eigenvalue weighted by Crippen LogP contribution is 2.23. The van der Waals surface area contributed by atoms with Crippen LogP contribution in [-0.4, -0.2) is 83.9 Å². The van der Waals surface area contributed by atoms with Crippen molar-refractivity contribution in [2.24, 2.45) is 0 Å². The summed E-state index contributed by atoms with van der Waals surface area (Å²) < 4.78 is 5.28. The number of ether oxygens (including phenoxy) is 1. The molecule has 1 aromatic heterocycles. The van der Waals surface area contributed by atoms with Gasteiger partial charge in [-0.05, 0) is 51.5 Å². The van der Waals surface area contributed by atoms with Gasteiger partial charge in [-0.1, -0.05) is 19.1 Å². The summed E-state index contributed by atoms with van der Waals surface area (Å²) in [5.74, 6) is 1.53. The third kappa shape index (κ3) is 6.36. The van der Waals surface area contributed by atoms with Gasteiger partial charge in [-0.2, -0.15) is 0 Å². The molecule has 0 radical (unpaired) electrons. The van der Waals surface area contributed by atoms with Crippen molar-refractivity contribution in [2.75, 3.05) is 44.7 Å². The first-order valence-corrected chi connectivity index (χ1v) is 11.9.